The minimum atomic E-state index is -0.363. The Bertz CT molecular complexity index is 940. The number of aryl methyl sites for hydroxylation is 1. The molecule has 3 nitrogen and oxygen atoms in total. The van der Waals surface area contributed by atoms with Gasteiger partial charge < -0.3 is 10.3 Å². The summed E-state index contributed by atoms with van der Waals surface area (Å²) in [5, 5.41) is 1.19. The molecule has 5 rings (SSSR count). The minimum Gasteiger partial charge on any atom is -0.366 e. The molecule has 108 valence electrons. The van der Waals surface area contributed by atoms with Gasteiger partial charge in [0.05, 0.1) is 0 Å². The molecule has 1 amide bonds. The van der Waals surface area contributed by atoms with Crippen LogP contribution in [0.5, 0.6) is 0 Å². The monoisotopic (exact) mass is 288 g/mol. The lowest BCUT2D eigenvalue weighted by Gasteiger charge is -2.17. The predicted molar refractivity (Wildman–Crippen MR) is 87.3 cm³/mol. The number of aromatic nitrogens is 1. The second-order valence-electron chi connectivity index (χ2n) is 6.35. The summed E-state index contributed by atoms with van der Waals surface area (Å²) in [7, 11) is 0. The third-order valence-corrected chi connectivity index (χ3v) is 5.06. The third-order valence-electron chi connectivity index (χ3n) is 5.06. The van der Waals surface area contributed by atoms with Crippen molar-refractivity contribution in [3.8, 4) is 0 Å². The van der Waals surface area contributed by atoms with Gasteiger partial charge >= 0.3 is 0 Å². The number of hydrogen-bond acceptors (Lipinski definition) is 1. The second-order valence-corrected chi connectivity index (χ2v) is 6.35. The van der Waals surface area contributed by atoms with E-state index in [2.05, 4.69) is 28.9 Å². The molecule has 2 heterocycles. The molecule has 0 radical (unpaired) electrons. The molecule has 3 aliphatic rings. The van der Waals surface area contributed by atoms with Gasteiger partial charge in [-0.3, -0.25) is 4.79 Å². The summed E-state index contributed by atoms with van der Waals surface area (Å²) in [6.07, 6.45) is 9.22. The van der Waals surface area contributed by atoms with E-state index < -0.39 is 0 Å². The van der Waals surface area contributed by atoms with Crippen LogP contribution in [0.25, 0.3) is 16.5 Å². The first-order valence-corrected chi connectivity index (χ1v) is 7.80. The van der Waals surface area contributed by atoms with Crippen molar-refractivity contribution in [2.75, 3.05) is 0 Å². The van der Waals surface area contributed by atoms with Crippen LogP contribution in [-0.4, -0.2) is 10.5 Å². The van der Waals surface area contributed by atoms with Crippen molar-refractivity contribution in [3.63, 3.8) is 0 Å². The lowest BCUT2D eigenvalue weighted by atomic mass is 9.88. The molecule has 0 spiro atoms. The van der Waals surface area contributed by atoms with E-state index in [0.29, 0.717) is 11.5 Å². The summed E-state index contributed by atoms with van der Waals surface area (Å²) in [6, 6.07) is 8.04. The van der Waals surface area contributed by atoms with Crippen molar-refractivity contribution < 1.29 is 4.79 Å². The Hall–Kier alpha value is -2.55. The fourth-order valence-corrected chi connectivity index (χ4v) is 3.92. The van der Waals surface area contributed by atoms with Crippen LogP contribution in [0, 0.1) is 5.92 Å². The van der Waals surface area contributed by atoms with Crippen LogP contribution in [0.3, 0.4) is 0 Å². The normalized spacial score (nSPS) is 21.8. The fourth-order valence-electron chi connectivity index (χ4n) is 3.92. The van der Waals surface area contributed by atoms with Gasteiger partial charge in [0.1, 0.15) is 0 Å². The molecular weight excluding hydrogens is 272 g/mol. The third kappa shape index (κ3) is 1.54. The molecule has 2 aliphatic carbocycles. The summed E-state index contributed by atoms with van der Waals surface area (Å²) < 4.78 is 2.37. The Labute approximate surface area is 128 Å². The quantitative estimate of drug-likeness (QED) is 0.859. The number of carbonyl (C=O) groups excluding carboxylic acids is 1. The molecule has 1 aromatic carbocycles. The van der Waals surface area contributed by atoms with Gasteiger partial charge in [0.2, 0.25) is 5.91 Å². The van der Waals surface area contributed by atoms with Gasteiger partial charge in [-0.2, -0.15) is 0 Å². The average Bonchev–Trinajstić information content (AvgIpc) is 3.24. The second kappa shape index (κ2) is 4.01. The lowest BCUT2D eigenvalue weighted by Crippen LogP contribution is -2.11. The SMILES string of the molecule is NC(=O)c1ccc2cc3n(c2c1)CCCC1C=CC2=CC2=C31. The highest BCUT2D eigenvalue weighted by Gasteiger charge is 2.32. The number of allylic oxidation sites excluding steroid dienone is 6. The van der Waals surface area contributed by atoms with E-state index in [1.54, 1.807) is 0 Å². The number of nitrogens with two attached hydrogens (primary N) is 1. The number of hydrogen-bond donors (Lipinski definition) is 1. The maximum Gasteiger partial charge on any atom is 0.248 e. The summed E-state index contributed by atoms with van der Waals surface area (Å²) in [5.74, 6) is 0.163. The zero-order valence-corrected chi connectivity index (χ0v) is 12.2. The molecule has 0 saturated carbocycles. The number of amides is 1. The van der Waals surface area contributed by atoms with Gasteiger partial charge in [-0.15, -0.1) is 0 Å². The molecule has 1 unspecified atom stereocenters. The Kier molecular flexibility index (Phi) is 2.19. The smallest absolute Gasteiger partial charge is 0.248 e. The van der Waals surface area contributed by atoms with Crippen LogP contribution < -0.4 is 5.73 Å². The maximum atomic E-state index is 11.5. The highest BCUT2D eigenvalue weighted by Crippen LogP contribution is 2.48. The molecule has 3 heteroatoms. The molecule has 1 aliphatic heterocycles. The standard InChI is InChI=1S/C19H16N2O/c20-19(22)14-6-5-13-9-17-18-11(3-4-12-8-15(12)18)2-1-7-21(17)16(13)10-14/h3-6,8-11H,1-2,7H2,(H2,20,22). The highest BCUT2D eigenvalue weighted by molar-refractivity contribution is 5.99. The van der Waals surface area contributed by atoms with E-state index in [0.717, 1.165) is 18.5 Å². The largest absolute Gasteiger partial charge is 0.366 e. The predicted octanol–water partition coefficient (Wildman–Crippen LogP) is 3.41. The van der Waals surface area contributed by atoms with Crippen LogP contribution in [0.1, 0.15) is 28.9 Å². The van der Waals surface area contributed by atoms with Crippen LogP contribution in [0.15, 0.2) is 53.6 Å². The number of rotatable bonds is 1. The number of primary amides is 1. The minimum absolute atomic E-state index is 0.363. The first-order chi connectivity index (χ1) is 10.7. The van der Waals surface area contributed by atoms with E-state index in [1.807, 2.05) is 18.2 Å². The van der Waals surface area contributed by atoms with Crippen molar-refractivity contribution in [1.29, 1.82) is 0 Å². The van der Waals surface area contributed by atoms with E-state index in [-0.39, 0.29) is 5.91 Å². The van der Waals surface area contributed by atoms with Crippen molar-refractivity contribution in [3.05, 3.63) is 64.9 Å². The molecule has 0 fully saturated rings. The molecule has 0 saturated heterocycles. The molecular formula is C19H16N2O. The van der Waals surface area contributed by atoms with E-state index in [9.17, 15) is 4.79 Å². The Balaban J connectivity index is 1.77. The zero-order valence-electron chi connectivity index (χ0n) is 12.2. The van der Waals surface area contributed by atoms with Gasteiger partial charge in [-0.1, -0.05) is 18.2 Å². The van der Waals surface area contributed by atoms with E-state index in [4.69, 9.17) is 5.73 Å². The first-order valence-electron chi connectivity index (χ1n) is 7.80. The van der Waals surface area contributed by atoms with Gasteiger partial charge in [0, 0.05) is 34.6 Å². The summed E-state index contributed by atoms with van der Waals surface area (Å²) in [6.45, 7) is 0.998. The molecule has 0 bridgehead atoms. The molecule has 1 aromatic heterocycles. The summed E-state index contributed by atoms with van der Waals surface area (Å²) >= 11 is 0. The number of benzene rings is 1. The van der Waals surface area contributed by atoms with Crippen molar-refractivity contribution >= 4 is 22.4 Å². The number of fused-ring (bicyclic) bond motifs is 6. The van der Waals surface area contributed by atoms with E-state index >= 15 is 0 Å². The first kappa shape index (κ1) is 12.0. The van der Waals surface area contributed by atoms with Gasteiger partial charge in [0.15, 0.2) is 0 Å². The van der Waals surface area contributed by atoms with Crippen molar-refractivity contribution in [2.45, 2.75) is 19.4 Å². The Morgan fingerprint density at radius 1 is 1.27 bits per heavy atom. The van der Waals surface area contributed by atoms with Crippen LogP contribution in [0.4, 0.5) is 0 Å². The van der Waals surface area contributed by atoms with Crippen LogP contribution >= 0.6 is 0 Å². The average molecular weight is 288 g/mol. The van der Waals surface area contributed by atoms with Crippen LogP contribution in [0.2, 0.25) is 0 Å². The Morgan fingerprint density at radius 3 is 3.05 bits per heavy atom. The Morgan fingerprint density at radius 2 is 2.18 bits per heavy atom. The molecule has 22 heavy (non-hydrogen) atoms. The number of nitrogens with zero attached hydrogens (tertiary/aromatic N) is 1. The zero-order chi connectivity index (χ0) is 14.8. The fraction of sp³-hybridized carbons (Fsp3) is 0.211. The van der Waals surface area contributed by atoms with Crippen molar-refractivity contribution in [1.82, 2.24) is 4.57 Å². The van der Waals surface area contributed by atoms with Crippen molar-refractivity contribution in [2.24, 2.45) is 11.7 Å². The lowest BCUT2D eigenvalue weighted by molar-refractivity contribution is 0.100. The van der Waals surface area contributed by atoms with Gasteiger partial charge in [-0.25, -0.2) is 0 Å². The maximum absolute atomic E-state index is 11.5. The van der Waals surface area contributed by atoms with E-state index in [1.165, 1.54) is 34.2 Å². The molecule has 2 N–H and O–H groups in total. The van der Waals surface area contributed by atoms with Gasteiger partial charge in [0.25, 0.3) is 0 Å². The summed E-state index contributed by atoms with van der Waals surface area (Å²) in [5.41, 5.74) is 12.7. The molecule has 1 atom stereocenters. The van der Waals surface area contributed by atoms with Gasteiger partial charge in [-0.05, 0) is 53.8 Å². The summed E-state index contributed by atoms with van der Waals surface area (Å²) in [4.78, 5) is 11.5. The highest BCUT2D eigenvalue weighted by atomic mass is 16.1. The topological polar surface area (TPSA) is 48.0 Å². The molecule has 2 aromatic rings. The number of carbonyl (C=O) groups is 1. The van der Waals surface area contributed by atoms with Crippen LogP contribution in [-0.2, 0) is 6.54 Å².